The molecule has 2 aromatic rings. The van der Waals surface area contributed by atoms with Crippen LogP contribution in [0.25, 0.3) is 0 Å². The summed E-state index contributed by atoms with van der Waals surface area (Å²) in [5, 5.41) is 13.6. The summed E-state index contributed by atoms with van der Waals surface area (Å²) in [6.07, 6.45) is 5.45. The third kappa shape index (κ3) is 4.43. The molecular formula is C28H34N2O4. The third-order valence-electron chi connectivity index (χ3n) is 8.02. The minimum atomic E-state index is -0.687. The number of esters is 1. The average molecular weight is 463 g/mol. The van der Waals surface area contributed by atoms with Crippen molar-refractivity contribution >= 4 is 11.9 Å². The minimum absolute atomic E-state index is 0.0475. The van der Waals surface area contributed by atoms with E-state index >= 15 is 0 Å². The molecule has 1 aliphatic heterocycles. The largest absolute Gasteiger partial charge is 0.508 e. The van der Waals surface area contributed by atoms with Crippen molar-refractivity contribution in [3.05, 3.63) is 65.7 Å². The van der Waals surface area contributed by atoms with Crippen LogP contribution in [0, 0.1) is 5.92 Å². The predicted molar refractivity (Wildman–Crippen MR) is 130 cm³/mol. The van der Waals surface area contributed by atoms with Crippen LogP contribution < -0.4 is 5.32 Å². The highest BCUT2D eigenvalue weighted by Crippen LogP contribution is 2.54. The molecule has 0 spiro atoms. The van der Waals surface area contributed by atoms with Crippen molar-refractivity contribution < 1.29 is 19.4 Å². The zero-order valence-corrected chi connectivity index (χ0v) is 19.8. The molecule has 2 aliphatic carbocycles. The Kier molecular flexibility index (Phi) is 6.11. The van der Waals surface area contributed by atoms with Gasteiger partial charge in [-0.25, -0.2) is 0 Å². The molecule has 0 aromatic heterocycles. The lowest BCUT2D eigenvalue weighted by Gasteiger charge is -2.59. The van der Waals surface area contributed by atoms with Gasteiger partial charge in [0, 0.05) is 37.0 Å². The number of hydrogen-bond acceptors (Lipinski definition) is 5. The Morgan fingerprint density at radius 1 is 1.09 bits per heavy atom. The molecule has 0 bridgehead atoms. The number of phenolic OH excluding ortho intramolecular Hbond substituents is 1. The summed E-state index contributed by atoms with van der Waals surface area (Å²) in [5.74, 6) is 0.607. The monoisotopic (exact) mass is 462 g/mol. The number of fused-ring (bicyclic) bond motifs is 1. The molecule has 180 valence electrons. The standard InChI is InChI=1S/C28H34N2O4/c1-20(31)34-28-13-12-24(29-26(33)22-6-3-2-4-7-22)17-27(28,23-8-5-9-25(32)16-23)14-15-30(19-28)18-21-10-11-21/h2-9,16,21,24,32H,10-15,17-19H2,1H3,(H,29,33)/t24-,27+,28+/m1/s1. The number of likely N-dealkylation sites (tertiary alicyclic amines) is 1. The van der Waals surface area contributed by atoms with Crippen molar-refractivity contribution in [3.63, 3.8) is 0 Å². The highest BCUT2D eigenvalue weighted by molar-refractivity contribution is 5.94. The van der Waals surface area contributed by atoms with Gasteiger partial charge < -0.3 is 15.2 Å². The molecule has 6 heteroatoms. The molecule has 3 fully saturated rings. The molecule has 1 heterocycles. The van der Waals surface area contributed by atoms with Crippen molar-refractivity contribution in [2.24, 2.45) is 5.92 Å². The highest BCUT2D eigenvalue weighted by atomic mass is 16.6. The molecule has 3 aliphatic rings. The van der Waals surface area contributed by atoms with Crippen molar-refractivity contribution in [2.45, 2.75) is 62.5 Å². The van der Waals surface area contributed by atoms with Gasteiger partial charge in [0.1, 0.15) is 11.4 Å². The quantitative estimate of drug-likeness (QED) is 0.634. The van der Waals surface area contributed by atoms with Gasteiger partial charge in [0.15, 0.2) is 0 Å². The first kappa shape index (κ1) is 22.9. The first-order valence-corrected chi connectivity index (χ1v) is 12.5. The number of carbonyl (C=O) groups is 2. The number of piperidine rings is 1. The number of hydrogen-bond donors (Lipinski definition) is 2. The molecule has 1 amide bonds. The van der Waals surface area contributed by atoms with E-state index in [1.165, 1.54) is 19.8 Å². The lowest BCUT2D eigenvalue weighted by atomic mass is 9.55. The first-order valence-electron chi connectivity index (χ1n) is 12.5. The third-order valence-corrected chi connectivity index (χ3v) is 8.02. The Hall–Kier alpha value is -2.86. The Labute approximate surface area is 201 Å². The van der Waals surface area contributed by atoms with Crippen LogP contribution in [-0.2, 0) is 14.9 Å². The number of benzene rings is 2. The van der Waals surface area contributed by atoms with Crippen LogP contribution in [0.1, 0.15) is 61.4 Å². The van der Waals surface area contributed by atoms with E-state index in [-0.39, 0.29) is 23.7 Å². The number of phenols is 1. The van der Waals surface area contributed by atoms with Gasteiger partial charge in [0.05, 0.1) is 0 Å². The molecule has 0 unspecified atom stereocenters. The Balaban J connectivity index is 1.49. The highest BCUT2D eigenvalue weighted by Gasteiger charge is 2.61. The minimum Gasteiger partial charge on any atom is -0.508 e. The second kappa shape index (κ2) is 9.06. The van der Waals surface area contributed by atoms with E-state index in [0.717, 1.165) is 37.4 Å². The maximum Gasteiger partial charge on any atom is 0.303 e. The molecule has 6 nitrogen and oxygen atoms in total. The van der Waals surface area contributed by atoms with Gasteiger partial charge in [-0.2, -0.15) is 0 Å². The summed E-state index contributed by atoms with van der Waals surface area (Å²) in [4.78, 5) is 27.9. The number of amides is 1. The Bertz CT molecular complexity index is 1050. The lowest BCUT2D eigenvalue weighted by molar-refractivity contribution is -0.186. The summed E-state index contributed by atoms with van der Waals surface area (Å²) in [5.41, 5.74) is 0.460. The molecule has 2 saturated carbocycles. The second-order valence-corrected chi connectivity index (χ2v) is 10.4. The second-order valence-electron chi connectivity index (χ2n) is 10.4. The number of rotatable bonds is 6. The van der Waals surface area contributed by atoms with Crippen LogP contribution >= 0.6 is 0 Å². The molecule has 1 saturated heterocycles. The molecule has 2 N–H and O–H groups in total. The van der Waals surface area contributed by atoms with E-state index in [1.54, 1.807) is 6.07 Å². The Morgan fingerprint density at radius 3 is 2.59 bits per heavy atom. The van der Waals surface area contributed by atoms with Gasteiger partial charge in [-0.15, -0.1) is 0 Å². The van der Waals surface area contributed by atoms with Gasteiger partial charge in [-0.05, 0) is 80.8 Å². The fourth-order valence-corrected chi connectivity index (χ4v) is 6.29. The van der Waals surface area contributed by atoms with E-state index in [0.29, 0.717) is 24.9 Å². The molecule has 34 heavy (non-hydrogen) atoms. The van der Waals surface area contributed by atoms with Crippen LogP contribution in [0.2, 0.25) is 0 Å². The van der Waals surface area contributed by atoms with Gasteiger partial charge in [-0.1, -0.05) is 30.3 Å². The van der Waals surface area contributed by atoms with E-state index in [1.807, 2.05) is 48.5 Å². The smallest absolute Gasteiger partial charge is 0.303 e. The predicted octanol–water partition coefficient (Wildman–Crippen LogP) is 4.03. The molecule has 5 rings (SSSR count). The Morgan fingerprint density at radius 2 is 1.88 bits per heavy atom. The molecule has 3 atom stereocenters. The van der Waals surface area contributed by atoms with Gasteiger partial charge in [0.25, 0.3) is 5.91 Å². The van der Waals surface area contributed by atoms with Crippen molar-refractivity contribution in [3.8, 4) is 5.75 Å². The average Bonchev–Trinajstić information content (AvgIpc) is 3.63. The SMILES string of the molecule is CC(=O)O[C@]12CC[C@@H](NC(=O)c3ccccc3)C[C@]1(c1cccc(O)c1)CCN(CC1CC1)C2. The zero-order valence-electron chi connectivity index (χ0n) is 19.8. The molecule has 0 radical (unpaired) electrons. The summed E-state index contributed by atoms with van der Waals surface area (Å²) in [7, 11) is 0. The number of nitrogens with one attached hydrogen (secondary N) is 1. The normalized spacial score (nSPS) is 29.1. The first-order chi connectivity index (χ1) is 16.4. The van der Waals surface area contributed by atoms with E-state index in [2.05, 4.69) is 10.2 Å². The maximum absolute atomic E-state index is 13.0. The van der Waals surface area contributed by atoms with Crippen LogP contribution in [0.5, 0.6) is 5.75 Å². The van der Waals surface area contributed by atoms with Crippen LogP contribution in [-0.4, -0.2) is 53.2 Å². The van der Waals surface area contributed by atoms with Gasteiger partial charge in [-0.3, -0.25) is 14.5 Å². The van der Waals surface area contributed by atoms with Crippen LogP contribution in [0.15, 0.2) is 54.6 Å². The molecular weight excluding hydrogens is 428 g/mol. The van der Waals surface area contributed by atoms with E-state index < -0.39 is 11.0 Å². The van der Waals surface area contributed by atoms with Crippen LogP contribution in [0.4, 0.5) is 0 Å². The topological polar surface area (TPSA) is 78.9 Å². The molecule has 2 aromatic carbocycles. The number of carbonyl (C=O) groups excluding carboxylic acids is 2. The maximum atomic E-state index is 13.0. The summed E-state index contributed by atoms with van der Waals surface area (Å²) in [6.45, 7) is 4.14. The van der Waals surface area contributed by atoms with Crippen molar-refractivity contribution in [1.82, 2.24) is 10.2 Å². The van der Waals surface area contributed by atoms with Crippen molar-refractivity contribution in [2.75, 3.05) is 19.6 Å². The van der Waals surface area contributed by atoms with Gasteiger partial charge in [0.2, 0.25) is 0 Å². The zero-order chi connectivity index (χ0) is 23.8. The fourth-order valence-electron chi connectivity index (χ4n) is 6.29. The summed E-state index contributed by atoms with van der Waals surface area (Å²) < 4.78 is 6.28. The van der Waals surface area contributed by atoms with E-state index in [9.17, 15) is 14.7 Å². The summed E-state index contributed by atoms with van der Waals surface area (Å²) in [6, 6.07) is 16.6. The number of ether oxygens (including phenoxy) is 1. The van der Waals surface area contributed by atoms with Crippen LogP contribution in [0.3, 0.4) is 0 Å². The van der Waals surface area contributed by atoms with Crippen molar-refractivity contribution in [1.29, 1.82) is 0 Å². The van der Waals surface area contributed by atoms with E-state index in [4.69, 9.17) is 4.74 Å². The fraction of sp³-hybridized carbons (Fsp3) is 0.500. The lowest BCUT2D eigenvalue weighted by Crippen LogP contribution is -2.68. The summed E-state index contributed by atoms with van der Waals surface area (Å²) >= 11 is 0. The number of aromatic hydroxyl groups is 1. The number of nitrogens with zero attached hydrogens (tertiary/aromatic N) is 1. The van der Waals surface area contributed by atoms with Gasteiger partial charge >= 0.3 is 5.97 Å².